The van der Waals surface area contributed by atoms with E-state index in [2.05, 4.69) is 4.98 Å². The molecule has 11 heteroatoms. The fraction of sp³-hybridized carbons (Fsp3) is 0.421. The number of esters is 1. The summed E-state index contributed by atoms with van der Waals surface area (Å²) < 4.78 is 35.8. The zero-order valence-corrected chi connectivity index (χ0v) is 17.6. The largest absolute Gasteiger partial charge is 0.459 e. The van der Waals surface area contributed by atoms with Gasteiger partial charge in [-0.25, -0.2) is 9.59 Å². The third-order valence-corrected chi connectivity index (χ3v) is 5.75. The summed E-state index contributed by atoms with van der Waals surface area (Å²) in [5, 5.41) is 0. The third kappa shape index (κ3) is 5.76. The molecule has 1 fully saturated rings. The molecule has 2 atom stereocenters. The summed E-state index contributed by atoms with van der Waals surface area (Å²) >= 11 is 0. The first-order valence-electron chi connectivity index (χ1n) is 9.37. The van der Waals surface area contributed by atoms with E-state index >= 15 is 0 Å². The summed E-state index contributed by atoms with van der Waals surface area (Å²) in [4.78, 5) is 27.7. The number of benzene rings is 1. The maximum absolute atomic E-state index is 12.8. The summed E-state index contributed by atoms with van der Waals surface area (Å²) in [5.74, 6) is -0.349. The van der Waals surface area contributed by atoms with E-state index in [0.717, 1.165) is 0 Å². The smallest absolute Gasteiger partial charge is 0.356 e. The number of nitrogens with two attached hydrogens (primary N) is 1. The Kier molecular flexibility index (Phi) is 7.04. The Morgan fingerprint density at radius 3 is 2.80 bits per heavy atom. The Hall–Kier alpha value is -2.52. The molecule has 10 nitrogen and oxygen atoms in total. The lowest BCUT2D eigenvalue weighted by Gasteiger charge is -2.29. The second-order valence-corrected chi connectivity index (χ2v) is 8.99. The van der Waals surface area contributed by atoms with E-state index in [-0.39, 0.29) is 38.0 Å². The molecule has 2 N–H and O–H groups in total. The van der Waals surface area contributed by atoms with Crippen LogP contribution in [0.4, 0.5) is 5.82 Å². The molecule has 1 saturated heterocycles. The van der Waals surface area contributed by atoms with Crippen molar-refractivity contribution in [2.75, 3.05) is 18.7 Å². The summed E-state index contributed by atoms with van der Waals surface area (Å²) in [6.45, 7) is 3.57. The first-order valence-corrected chi connectivity index (χ1v) is 11.1. The molecule has 0 radical (unpaired) electrons. The summed E-state index contributed by atoms with van der Waals surface area (Å²) in [6, 6.07) is 8.26. The first kappa shape index (κ1) is 22.2. The zero-order valence-electron chi connectivity index (χ0n) is 16.7. The van der Waals surface area contributed by atoms with Crippen molar-refractivity contribution in [1.29, 1.82) is 0 Å². The highest BCUT2D eigenvalue weighted by atomic mass is 31.2. The maximum Gasteiger partial charge on any atom is 0.356 e. The quantitative estimate of drug-likeness (QED) is 0.511. The van der Waals surface area contributed by atoms with Crippen molar-refractivity contribution in [3.63, 3.8) is 0 Å². The molecule has 0 spiro atoms. The topological polar surface area (TPSA) is 132 Å². The second-order valence-electron chi connectivity index (χ2n) is 7.00. The normalized spacial score (nSPS) is 21.5. The van der Waals surface area contributed by atoms with Gasteiger partial charge in [-0.05, 0) is 31.5 Å². The fourth-order valence-electron chi connectivity index (χ4n) is 2.75. The molecule has 30 heavy (non-hydrogen) atoms. The molecule has 0 aliphatic carbocycles. The minimum atomic E-state index is -3.52. The van der Waals surface area contributed by atoms with Crippen LogP contribution in [0.2, 0.25) is 0 Å². The molecule has 1 aliphatic rings. The Labute approximate surface area is 173 Å². The number of hydrogen-bond acceptors (Lipinski definition) is 9. The number of carbonyl (C=O) groups is 1. The van der Waals surface area contributed by atoms with Crippen LogP contribution >= 0.6 is 7.60 Å². The summed E-state index contributed by atoms with van der Waals surface area (Å²) in [6.07, 6.45) is 0.479. The van der Waals surface area contributed by atoms with Gasteiger partial charge in [-0.15, -0.1) is 0 Å². The van der Waals surface area contributed by atoms with Crippen molar-refractivity contribution in [2.24, 2.45) is 0 Å². The highest BCUT2D eigenvalue weighted by Gasteiger charge is 2.34. The van der Waals surface area contributed by atoms with Gasteiger partial charge in [0.05, 0.1) is 31.4 Å². The summed E-state index contributed by atoms with van der Waals surface area (Å²) in [5.41, 5.74) is 5.83. The lowest BCUT2D eigenvalue weighted by molar-refractivity contribution is -0.0155. The van der Waals surface area contributed by atoms with Gasteiger partial charge in [0.2, 0.25) is 0 Å². The number of nitrogen functional groups attached to an aromatic ring is 1. The number of carbonyl (C=O) groups excluding carboxylic acids is 1. The van der Waals surface area contributed by atoms with Crippen molar-refractivity contribution in [3.8, 4) is 0 Å². The Bertz CT molecular complexity index is 996. The predicted molar refractivity (Wildman–Crippen MR) is 108 cm³/mol. The lowest BCUT2D eigenvalue weighted by Crippen LogP contribution is -2.35. The standard InChI is InChI=1S/C19H24N3O7P/c1-13(2)29-18(23)16-6-4-3-5-14(16)10-27-30(25)12-26-15(11-28-30)9-22-8-7-17(20)21-19(22)24/h3-8,13,15H,9-12H2,1-2H3,(H2,20,21,24)/t15-,30?/m0/s1. The van der Waals surface area contributed by atoms with Gasteiger partial charge in [0, 0.05) is 6.20 Å². The van der Waals surface area contributed by atoms with Crippen molar-refractivity contribution < 1.29 is 27.9 Å². The van der Waals surface area contributed by atoms with Gasteiger partial charge in [0.15, 0.2) is 0 Å². The average molecular weight is 437 g/mol. The SMILES string of the molecule is CC(C)OC(=O)c1ccccc1COP1(=O)CO[C@@H](Cn2ccc(N)nc2=O)CO1. The second kappa shape index (κ2) is 9.53. The van der Waals surface area contributed by atoms with Crippen LogP contribution in [0, 0.1) is 0 Å². The van der Waals surface area contributed by atoms with Crippen LogP contribution in [-0.4, -0.2) is 40.7 Å². The fourth-order valence-corrected chi connectivity index (χ4v) is 4.10. The van der Waals surface area contributed by atoms with Crippen LogP contribution in [0.15, 0.2) is 41.3 Å². The van der Waals surface area contributed by atoms with Gasteiger partial charge in [0.1, 0.15) is 18.3 Å². The molecule has 1 unspecified atom stereocenters. The van der Waals surface area contributed by atoms with Crippen LogP contribution in [0.25, 0.3) is 0 Å². The van der Waals surface area contributed by atoms with E-state index in [1.165, 1.54) is 16.8 Å². The van der Waals surface area contributed by atoms with Crippen molar-refractivity contribution in [1.82, 2.24) is 9.55 Å². The zero-order chi connectivity index (χ0) is 21.7. The summed E-state index contributed by atoms with van der Waals surface area (Å²) in [7, 11) is -3.52. The van der Waals surface area contributed by atoms with E-state index in [0.29, 0.717) is 11.1 Å². The molecule has 0 amide bonds. The van der Waals surface area contributed by atoms with Crippen LogP contribution in [-0.2, 0) is 36.2 Å². The highest BCUT2D eigenvalue weighted by molar-refractivity contribution is 7.53. The number of rotatable bonds is 7. The Morgan fingerprint density at radius 2 is 2.13 bits per heavy atom. The van der Waals surface area contributed by atoms with Gasteiger partial charge in [-0.1, -0.05) is 18.2 Å². The van der Waals surface area contributed by atoms with Crippen LogP contribution in [0.3, 0.4) is 0 Å². The molecule has 1 aromatic carbocycles. The maximum atomic E-state index is 12.8. The van der Waals surface area contributed by atoms with Gasteiger partial charge in [0.25, 0.3) is 0 Å². The molecule has 2 heterocycles. The monoisotopic (exact) mass is 437 g/mol. The highest BCUT2D eigenvalue weighted by Crippen LogP contribution is 2.51. The molecule has 0 saturated carbocycles. The van der Waals surface area contributed by atoms with E-state index in [4.69, 9.17) is 24.3 Å². The first-order chi connectivity index (χ1) is 14.3. The molecular weight excluding hydrogens is 413 g/mol. The minimum absolute atomic E-state index is 0.0227. The van der Waals surface area contributed by atoms with Crippen LogP contribution < -0.4 is 11.4 Å². The van der Waals surface area contributed by atoms with Gasteiger partial charge >= 0.3 is 19.3 Å². The average Bonchev–Trinajstić information content (AvgIpc) is 2.70. The number of aromatic nitrogens is 2. The molecule has 2 aromatic rings. The number of hydrogen-bond donors (Lipinski definition) is 1. The third-order valence-electron chi connectivity index (χ3n) is 4.22. The Morgan fingerprint density at radius 1 is 1.37 bits per heavy atom. The molecule has 162 valence electrons. The molecular formula is C19H24N3O7P. The molecule has 0 bridgehead atoms. The Balaban J connectivity index is 1.57. The van der Waals surface area contributed by atoms with Crippen LogP contribution in [0.5, 0.6) is 0 Å². The van der Waals surface area contributed by atoms with Crippen LogP contribution in [0.1, 0.15) is 29.8 Å². The van der Waals surface area contributed by atoms with Crippen molar-refractivity contribution in [2.45, 2.75) is 39.2 Å². The number of nitrogens with zero attached hydrogens (tertiary/aromatic N) is 2. The molecule has 3 rings (SSSR count). The number of ether oxygens (including phenoxy) is 2. The van der Waals surface area contributed by atoms with Crippen molar-refractivity contribution >= 4 is 19.4 Å². The van der Waals surface area contributed by atoms with Gasteiger partial charge < -0.3 is 24.3 Å². The van der Waals surface area contributed by atoms with Gasteiger partial charge in [-0.3, -0.25) is 9.13 Å². The van der Waals surface area contributed by atoms with Crippen molar-refractivity contribution in [3.05, 3.63) is 58.1 Å². The lowest BCUT2D eigenvalue weighted by atomic mass is 10.1. The van der Waals surface area contributed by atoms with E-state index in [9.17, 15) is 14.2 Å². The molecule has 1 aromatic heterocycles. The number of anilines is 1. The minimum Gasteiger partial charge on any atom is -0.459 e. The molecule has 1 aliphatic heterocycles. The van der Waals surface area contributed by atoms with E-state index < -0.39 is 25.4 Å². The van der Waals surface area contributed by atoms with E-state index in [1.807, 2.05) is 0 Å². The van der Waals surface area contributed by atoms with E-state index in [1.54, 1.807) is 38.1 Å². The predicted octanol–water partition coefficient (Wildman–Crippen LogP) is 2.17. The van der Waals surface area contributed by atoms with Gasteiger partial charge in [-0.2, -0.15) is 4.98 Å².